The number of rotatable bonds is 5. The third kappa shape index (κ3) is 3.65. The molecule has 0 aliphatic rings. The van der Waals surface area contributed by atoms with Crippen LogP contribution in [0.15, 0.2) is 23.1 Å². The molecule has 1 atom stereocenters. The van der Waals surface area contributed by atoms with Crippen molar-refractivity contribution in [2.24, 2.45) is 0 Å². The smallest absolute Gasteiger partial charge is 0.244 e. The van der Waals surface area contributed by atoms with Crippen LogP contribution in [0.1, 0.15) is 19.4 Å². The maximum atomic E-state index is 12.0. The van der Waals surface area contributed by atoms with Crippen LogP contribution in [0.2, 0.25) is 0 Å². The van der Waals surface area contributed by atoms with E-state index in [1.807, 2.05) is 31.4 Å². The van der Waals surface area contributed by atoms with Crippen molar-refractivity contribution in [3.8, 4) is 6.07 Å². The SMILES string of the molecule is CCN(C)C(=O)C(C)Nc1cccc(SC)c1C#N. The van der Waals surface area contributed by atoms with E-state index >= 15 is 0 Å². The molecule has 0 saturated carbocycles. The fourth-order valence-electron chi connectivity index (χ4n) is 1.72. The Balaban J connectivity index is 2.94. The van der Waals surface area contributed by atoms with Crippen molar-refractivity contribution >= 4 is 23.4 Å². The number of anilines is 1. The topological polar surface area (TPSA) is 56.1 Å². The van der Waals surface area contributed by atoms with Crippen LogP contribution < -0.4 is 5.32 Å². The predicted octanol–water partition coefficient (Wildman–Crippen LogP) is 2.56. The lowest BCUT2D eigenvalue weighted by atomic mass is 10.1. The Morgan fingerprint density at radius 3 is 2.79 bits per heavy atom. The van der Waals surface area contributed by atoms with Crippen molar-refractivity contribution in [2.45, 2.75) is 24.8 Å². The van der Waals surface area contributed by atoms with Crippen LogP contribution in [0, 0.1) is 11.3 Å². The first kappa shape index (κ1) is 15.4. The normalized spacial score (nSPS) is 11.5. The first-order chi connectivity index (χ1) is 9.04. The Labute approximate surface area is 118 Å². The standard InChI is InChI=1S/C14H19N3OS/c1-5-17(3)14(18)10(2)16-12-7-6-8-13(19-4)11(12)9-15/h6-8,10,16H,5H2,1-4H3. The van der Waals surface area contributed by atoms with Gasteiger partial charge in [-0.2, -0.15) is 5.26 Å². The van der Waals surface area contributed by atoms with Gasteiger partial charge in [-0.25, -0.2) is 0 Å². The van der Waals surface area contributed by atoms with Crippen molar-refractivity contribution in [2.75, 3.05) is 25.2 Å². The molecule has 5 heteroatoms. The summed E-state index contributed by atoms with van der Waals surface area (Å²) in [4.78, 5) is 14.6. The first-order valence-corrected chi connectivity index (χ1v) is 7.36. The zero-order valence-corrected chi connectivity index (χ0v) is 12.5. The molecule has 1 amide bonds. The summed E-state index contributed by atoms with van der Waals surface area (Å²) in [6, 6.07) is 7.46. The van der Waals surface area contributed by atoms with Crippen LogP contribution in [-0.2, 0) is 4.79 Å². The number of nitriles is 1. The van der Waals surface area contributed by atoms with Crippen LogP contribution in [0.5, 0.6) is 0 Å². The van der Waals surface area contributed by atoms with Crippen molar-refractivity contribution < 1.29 is 4.79 Å². The molecule has 0 aromatic heterocycles. The third-order valence-corrected chi connectivity index (χ3v) is 3.73. The van der Waals surface area contributed by atoms with Crippen molar-refractivity contribution in [3.05, 3.63) is 23.8 Å². The summed E-state index contributed by atoms with van der Waals surface area (Å²) >= 11 is 1.52. The minimum Gasteiger partial charge on any atom is -0.373 e. The van der Waals surface area contributed by atoms with Gasteiger partial charge in [0.15, 0.2) is 0 Å². The van der Waals surface area contributed by atoms with E-state index < -0.39 is 0 Å². The highest BCUT2D eigenvalue weighted by atomic mass is 32.2. The van der Waals surface area contributed by atoms with Gasteiger partial charge in [0, 0.05) is 18.5 Å². The van der Waals surface area contributed by atoms with Gasteiger partial charge in [-0.3, -0.25) is 4.79 Å². The summed E-state index contributed by atoms with van der Waals surface area (Å²) in [6.07, 6.45) is 1.93. The third-order valence-electron chi connectivity index (χ3n) is 2.95. The van der Waals surface area contributed by atoms with E-state index in [9.17, 15) is 10.1 Å². The Morgan fingerprint density at radius 2 is 2.26 bits per heavy atom. The summed E-state index contributed by atoms with van der Waals surface area (Å²) in [5.41, 5.74) is 1.30. The monoisotopic (exact) mass is 277 g/mol. The lowest BCUT2D eigenvalue weighted by Gasteiger charge is -2.22. The zero-order valence-electron chi connectivity index (χ0n) is 11.7. The number of thioether (sulfide) groups is 1. The number of carbonyl (C=O) groups excluding carboxylic acids is 1. The summed E-state index contributed by atoms with van der Waals surface area (Å²) < 4.78 is 0. The number of hydrogen-bond donors (Lipinski definition) is 1. The minimum absolute atomic E-state index is 0.0148. The van der Waals surface area contributed by atoms with Gasteiger partial charge >= 0.3 is 0 Å². The molecule has 0 aliphatic carbocycles. The molecule has 0 fully saturated rings. The molecule has 0 saturated heterocycles. The average Bonchev–Trinajstić information content (AvgIpc) is 2.44. The van der Waals surface area contributed by atoms with E-state index in [0.717, 1.165) is 4.90 Å². The predicted molar refractivity (Wildman–Crippen MR) is 79.3 cm³/mol. The van der Waals surface area contributed by atoms with E-state index in [4.69, 9.17) is 0 Å². The summed E-state index contributed by atoms with van der Waals surface area (Å²) in [7, 11) is 1.77. The van der Waals surface area contributed by atoms with Crippen LogP contribution in [-0.4, -0.2) is 36.7 Å². The molecule has 4 nitrogen and oxygen atoms in total. The Morgan fingerprint density at radius 1 is 1.58 bits per heavy atom. The molecule has 0 bridgehead atoms. The van der Waals surface area contributed by atoms with E-state index in [2.05, 4.69) is 11.4 Å². The van der Waals surface area contributed by atoms with Gasteiger partial charge in [0.2, 0.25) is 5.91 Å². The molecule has 0 aliphatic heterocycles. The quantitative estimate of drug-likeness (QED) is 0.840. The molecule has 1 rings (SSSR count). The van der Waals surface area contributed by atoms with E-state index in [1.165, 1.54) is 11.8 Å². The second-order valence-corrected chi connectivity index (χ2v) is 5.06. The Kier molecular flexibility index (Phi) is 5.71. The molecule has 0 radical (unpaired) electrons. The van der Waals surface area contributed by atoms with Gasteiger partial charge < -0.3 is 10.2 Å². The number of amides is 1. The second-order valence-electron chi connectivity index (χ2n) is 4.21. The van der Waals surface area contributed by atoms with Gasteiger partial charge in [0.1, 0.15) is 12.1 Å². The molecular formula is C14H19N3OS. The van der Waals surface area contributed by atoms with Crippen LogP contribution in [0.3, 0.4) is 0 Å². The number of nitrogens with one attached hydrogen (secondary N) is 1. The highest BCUT2D eigenvalue weighted by molar-refractivity contribution is 7.98. The molecule has 1 N–H and O–H groups in total. The number of hydrogen-bond acceptors (Lipinski definition) is 4. The van der Waals surface area contributed by atoms with Gasteiger partial charge in [-0.05, 0) is 32.2 Å². The average molecular weight is 277 g/mol. The lowest BCUT2D eigenvalue weighted by Crippen LogP contribution is -2.39. The molecule has 0 heterocycles. The fraction of sp³-hybridized carbons (Fsp3) is 0.429. The van der Waals surface area contributed by atoms with E-state index in [0.29, 0.717) is 17.8 Å². The number of carbonyl (C=O) groups is 1. The van der Waals surface area contributed by atoms with E-state index in [1.54, 1.807) is 18.9 Å². The summed E-state index contributed by atoms with van der Waals surface area (Å²) in [5.74, 6) is 0.0148. The Bertz CT molecular complexity index is 496. The van der Waals surface area contributed by atoms with Gasteiger partial charge in [0.05, 0.1) is 11.3 Å². The van der Waals surface area contributed by atoms with Crippen LogP contribution in [0.25, 0.3) is 0 Å². The maximum Gasteiger partial charge on any atom is 0.244 e. The highest BCUT2D eigenvalue weighted by Gasteiger charge is 2.18. The fourth-order valence-corrected chi connectivity index (χ4v) is 2.29. The lowest BCUT2D eigenvalue weighted by molar-refractivity contribution is -0.130. The molecular weight excluding hydrogens is 258 g/mol. The molecule has 0 spiro atoms. The molecule has 102 valence electrons. The summed E-state index contributed by atoms with van der Waals surface area (Å²) in [5, 5.41) is 12.4. The Hall–Kier alpha value is -1.67. The maximum absolute atomic E-state index is 12.0. The molecule has 19 heavy (non-hydrogen) atoms. The minimum atomic E-state index is -0.353. The van der Waals surface area contributed by atoms with Crippen LogP contribution in [0.4, 0.5) is 5.69 Å². The van der Waals surface area contributed by atoms with Crippen molar-refractivity contribution in [3.63, 3.8) is 0 Å². The summed E-state index contributed by atoms with van der Waals surface area (Å²) in [6.45, 7) is 4.40. The second kappa shape index (κ2) is 7.05. The number of likely N-dealkylation sites (N-methyl/N-ethyl adjacent to an activating group) is 1. The largest absolute Gasteiger partial charge is 0.373 e. The van der Waals surface area contributed by atoms with Crippen LogP contribution >= 0.6 is 11.8 Å². The first-order valence-electron chi connectivity index (χ1n) is 6.13. The van der Waals surface area contributed by atoms with Gasteiger partial charge in [0.25, 0.3) is 0 Å². The van der Waals surface area contributed by atoms with Crippen molar-refractivity contribution in [1.29, 1.82) is 5.26 Å². The number of nitrogens with zero attached hydrogens (tertiary/aromatic N) is 2. The molecule has 1 unspecified atom stereocenters. The number of benzene rings is 1. The van der Waals surface area contributed by atoms with Gasteiger partial charge in [-0.1, -0.05) is 6.07 Å². The highest BCUT2D eigenvalue weighted by Crippen LogP contribution is 2.26. The zero-order chi connectivity index (χ0) is 14.4. The van der Waals surface area contributed by atoms with Gasteiger partial charge in [-0.15, -0.1) is 11.8 Å². The van der Waals surface area contributed by atoms with Crippen molar-refractivity contribution in [1.82, 2.24) is 4.90 Å². The van der Waals surface area contributed by atoms with E-state index in [-0.39, 0.29) is 11.9 Å². The molecule has 1 aromatic rings. The molecule has 1 aromatic carbocycles.